The molecule has 0 spiro atoms. The Morgan fingerprint density at radius 3 is 2.79 bits per heavy atom. The Balaban J connectivity index is 1.54. The molecule has 4 aliphatic rings. The maximum Gasteiger partial charge on any atom is 0.229 e. The van der Waals surface area contributed by atoms with Gasteiger partial charge in [-0.1, -0.05) is 0 Å². The average Bonchev–Trinajstić information content (AvgIpc) is 2.71. The number of fused-ring (bicyclic) bond motifs is 1. The molecule has 1 saturated heterocycles. The Morgan fingerprint density at radius 1 is 1.26 bits per heavy atom. The van der Waals surface area contributed by atoms with Crippen molar-refractivity contribution in [3.05, 3.63) is 30.7 Å². The van der Waals surface area contributed by atoms with Crippen LogP contribution < -0.4 is 4.90 Å². The molecule has 1 amide bonds. The second kappa shape index (κ2) is 3.00. The average molecular weight is 253 g/mol. The number of imidazole rings is 1. The Kier molecular flexibility index (Phi) is 1.58. The van der Waals surface area contributed by atoms with Crippen molar-refractivity contribution in [2.45, 2.75) is 31.7 Å². The van der Waals surface area contributed by atoms with Crippen molar-refractivity contribution in [2.75, 3.05) is 4.90 Å². The number of carbonyl (C=O) groups is 1. The molecular weight excluding hydrogens is 238 g/mol. The first-order valence-corrected chi connectivity index (χ1v) is 7.00. The highest BCUT2D eigenvalue weighted by Gasteiger charge is 2.65. The van der Waals surface area contributed by atoms with Crippen molar-refractivity contribution in [2.24, 2.45) is 11.3 Å². The topological polar surface area (TPSA) is 37.6 Å². The van der Waals surface area contributed by atoms with Gasteiger partial charge in [0.15, 0.2) is 0 Å². The van der Waals surface area contributed by atoms with Gasteiger partial charge in [-0.05, 0) is 36.7 Å². The molecule has 0 N–H and O–H groups in total. The van der Waals surface area contributed by atoms with E-state index in [1.807, 2.05) is 33.8 Å². The van der Waals surface area contributed by atoms with E-state index in [0.717, 1.165) is 23.7 Å². The number of aromatic nitrogens is 2. The van der Waals surface area contributed by atoms with Gasteiger partial charge < -0.3 is 9.30 Å². The second-order valence-corrected chi connectivity index (χ2v) is 6.40. The van der Waals surface area contributed by atoms with Gasteiger partial charge in [-0.2, -0.15) is 0 Å². The van der Waals surface area contributed by atoms with Gasteiger partial charge in [0.05, 0.1) is 6.04 Å². The van der Waals surface area contributed by atoms with Crippen LogP contribution >= 0.6 is 0 Å². The smallest absolute Gasteiger partial charge is 0.229 e. The molecule has 2 aromatic rings. The summed E-state index contributed by atoms with van der Waals surface area (Å²) in [4.78, 5) is 18.3. The van der Waals surface area contributed by atoms with E-state index in [9.17, 15) is 4.79 Å². The lowest BCUT2D eigenvalue weighted by atomic mass is 9.40. The first-order chi connectivity index (χ1) is 9.25. The number of carbonyl (C=O) groups excluding carboxylic acids is 1. The fraction of sp³-hybridized carbons (Fsp3) is 0.467. The molecule has 4 fully saturated rings. The molecule has 3 aliphatic carbocycles. The first kappa shape index (κ1) is 10.0. The third kappa shape index (κ3) is 1.10. The number of pyridine rings is 1. The SMILES string of the molecule is O=C1C[C@H](C23CC(C2)C3)N1c1ccn2ccnc2c1. The molecular formula is C15H15N3O. The summed E-state index contributed by atoms with van der Waals surface area (Å²) in [5.41, 5.74) is 2.40. The molecule has 1 aliphatic heterocycles. The summed E-state index contributed by atoms with van der Waals surface area (Å²) in [6.45, 7) is 0. The van der Waals surface area contributed by atoms with E-state index in [1.54, 1.807) is 6.20 Å². The van der Waals surface area contributed by atoms with Crippen molar-refractivity contribution in [3.8, 4) is 0 Å². The molecule has 4 nitrogen and oxygen atoms in total. The molecule has 4 heteroatoms. The zero-order valence-electron chi connectivity index (χ0n) is 10.6. The zero-order valence-corrected chi connectivity index (χ0v) is 10.6. The summed E-state index contributed by atoms with van der Waals surface area (Å²) >= 11 is 0. The summed E-state index contributed by atoms with van der Waals surface area (Å²) in [6.07, 6.45) is 10.5. The largest absolute Gasteiger partial charge is 0.308 e. The molecule has 1 atom stereocenters. The quantitative estimate of drug-likeness (QED) is 0.770. The lowest BCUT2D eigenvalue weighted by Crippen LogP contribution is -2.70. The molecule has 96 valence electrons. The van der Waals surface area contributed by atoms with E-state index in [2.05, 4.69) is 4.98 Å². The van der Waals surface area contributed by atoms with Crippen LogP contribution in [0.1, 0.15) is 25.7 Å². The summed E-state index contributed by atoms with van der Waals surface area (Å²) in [7, 11) is 0. The fourth-order valence-corrected chi connectivity index (χ4v) is 4.23. The standard InChI is InChI=1S/C15H15N3O/c19-14-6-12(15-7-10(8-15)9-15)18(14)11-1-3-17-4-2-16-13(17)5-11/h1-5,10,12H,6-9H2/t10?,12-,15?/m1/s1. The van der Waals surface area contributed by atoms with Crippen LogP contribution in [0.4, 0.5) is 5.69 Å². The summed E-state index contributed by atoms with van der Waals surface area (Å²) < 4.78 is 1.98. The maximum atomic E-state index is 12.0. The van der Waals surface area contributed by atoms with Gasteiger partial charge >= 0.3 is 0 Å². The highest BCUT2D eigenvalue weighted by molar-refractivity contribution is 6.01. The van der Waals surface area contributed by atoms with Gasteiger partial charge in [0.1, 0.15) is 5.65 Å². The highest BCUT2D eigenvalue weighted by atomic mass is 16.2. The molecule has 3 saturated carbocycles. The van der Waals surface area contributed by atoms with Crippen LogP contribution in [-0.4, -0.2) is 21.3 Å². The van der Waals surface area contributed by atoms with E-state index < -0.39 is 0 Å². The van der Waals surface area contributed by atoms with Crippen LogP contribution in [0.15, 0.2) is 30.7 Å². The number of nitrogens with zero attached hydrogens (tertiary/aromatic N) is 3. The molecule has 6 rings (SSSR count). The minimum Gasteiger partial charge on any atom is -0.308 e. The van der Waals surface area contributed by atoms with Crippen LogP contribution in [0, 0.1) is 11.3 Å². The van der Waals surface area contributed by atoms with Gasteiger partial charge in [0.25, 0.3) is 0 Å². The van der Waals surface area contributed by atoms with Gasteiger partial charge in [-0.3, -0.25) is 4.79 Å². The van der Waals surface area contributed by atoms with Crippen LogP contribution in [-0.2, 0) is 4.79 Å². The van der Waals surface area contributed by atoms with E-state index in [0.29, 0.717) is 11.5 Å². The van der Waals surface area contributed by atoms with E-state index >= 15 is 0 Å². The Morgan fingerprint density at radius 2 is 2.11 bits per heavy atom. The number of amides is 1. The first-order valence-electron chi connectivity index (χ1n) is 7.00. The highest BCUT2D eigenvalue weighted by Crippen LogP contribution is 2.69. The number of rotatable bonds is 2. The minimum atomic E-state index is 0.269. The van der Waals surface area contributed by atoms with Crippen molar-refractivity contribution in [3.63, 3.8) is 0 Å². The van der Waals surface area contributed by atoms with E-state index in [1.165, 1.54) is 19.3 Å². The van der Waals surface area contributed by atoms with Gasteiger partial charge in [-0.25, -0.2) is 4.98 Å². The second-order valence-electron chi connectivity index (χ2n) is 6.40. The maximum absolute atomic E-state index is 12.0. The van der Waals surface area contributed by atoms with Crippen LogP contribution in [0.5, 0.6) is 0 Å². The van der Waals surface area contributed by atoms with Crippen molar-refractivity contribution < 1.29 is 4.79 Å². The van der Waals surface area contributed by atoms with E-state index in [4.69, 9.17) is 0 Å². The summed E-state index contributed by atoms with van der Waals surface area (Å²) in [5.74, 6) is 1.23. The molecule has 19 heavy (non-hydrogen) atoms. The monoisotopic (exact) mass is 253 g/mol. The Bertz CT molecular complexity index is 687. The van der Waals surface area contributed by atoms with Crippen LogP contribution in [0.3, 0.4) is 0 Å². The van der Waals surface area contributed by atoms with Crippen molar-refractivity contribution >= 4 is 17.2 Å². The third-order valence-electron chi connectivity index (χ3n) is 5.40. The van der Waals surface area contributed by atoms with Gasteiger partial charge in [0.2, 0.25) is 5.91 Å². The fourth-order valence-electron chi connectivity index (χ4n) is 4.23. The van der Waals surface area contributed by atoms with Crippen molar-refractivity contribution in [1.82, 2.24) is 9.38 Å². The van der Waals surface area contributed by atoms with Crippen LogP contribution in [0.2, 0.25) is 0 Å². The molecule has 3 heterocycles. The Labute approximate surface area is 111 Å². The lowest BCUT2D eigenvalue weighted by molar-refractivity contribution is -0.156. The van der Waals surface area contributed by atoms with E-state index in [-0.39, 0.29) is 5.91 Å². The predicted molar refractivity (Wildman–Crippen MR) is 70.9 cm³/mol. The van der Waals surface area contributed by atoms with Gasteiger partial charge in [-0.15, -0.1) is 0 Å². The third-order valence-corrected chi connectivity index (χ3v) is 5.40. The zero-order chi connectivity index (χ0) is 12.6. The molecule has 2 bridgehead atoms. The minimum absolute atomic E-state index is 0.269. The summed E-state index contributed by atoms with van der Waals surface area (Å²) in [6, 6.07) is 4.50. The van der Waals surface area contributed by atoms with Crippen LogP contribution in [0.25, 0.3) is 5.65 Å². The number of β-lactam (4-membered cyclic amide) rings is 1. The van der Waals surface area contributed by atoms with Crippen molar-refractivity contribution in [1.29, 1.82) is 0 Å². The molecule has 2 aromatic heterocycles. The van der Waals surface area contributed by atoms with Gasteiger partial charge in [0, 0.05) is 36.8 Å². The summed E-state index contributed by atoms with van der Waals surface area (Å²) in [5, 5.41) is 0. The number of anilines is 1. The predicted octanol–water partition coefficient (Wildman–Crippen LogP) is 2.24. The molecule has 0 radical (unpaired) electrons. The molecule has 0 unspecified atom stereocenters. The lowest BCUT2D eigenvalue weighted by Gasteiger charge is -2.69. The Hall–Kier alpha value is -1.84. The normalized spacial score (nSPS) is 35.8. The number of hydrogen-bond donors (Lipinski definition) is 0. The number of hydrogen-bond acceptors (Lipinski definition) is 2. The molecule has 0 aromatic carbocycles.